The first-order valence-electron chi connectivity index (χ1n) is 7.78. The van der Waals surface area contributed by atoms with E-state index in [0.29, 0.717) is 23.7 Å². The van der Waals surface area contributed by atoms with Gasteiger partial charge in [-0.05, 0) is 37.1 Å². The lowest BCUT2D eigenvalue weighted by Crippen LogP contribution is -2.29. The predicted octanol–water partition coefficient (Wildman–Crippen LogP) is 3.00. The summed E-state index contributed by atoms with van der Waals surface area (Å²) >= 11 is 1.19. The summed E-state index contributed by atoms with van der Waals surface area (Å²) in [5, 5.41) is 11.6. The molecule has 24 heavy (non-hydrogen) atoms. The molecule has 0 unspecified atom stereocenters. The van der Waals surface area contributed by atoms with E-state index in [1.165, 1.54) is 35.6 Å². The first kappa shape index (κ1) is 16.5. The van der Waals surface area contributed by atoms with Crippen molar-refractivity contribution in [3.05, 3.63) is 40.1 Å². The zero-order valence-electron chi connectivity index (χ0n) is 13.2. The molecule has 2 heterocycles. The van der Waals surface area contributed by atoms with Crippen molar-refractivity contribution in [2.24, 2.45) is 0 Å². The van der Waals surface area contributed by atoms with Gasteiger partial charge in [-0.3, -0.25) is 9.59 Å². The van der Waals surface area contributed by atoms with E-state index in [2.05, 4.69) is 15.5 Å². The number of hydrogen-bond acceptors (Lipinski definition) is 5. The van der Waals surface area contributed by atoms with Gasteiger partial charge >= 0.3 is 0 Å². The average Bonchev–Trinajstić information content (AvgIpc) is 3.24. The minimum absolute atomic E-state index is 0.0880. The Balaban J connectivity index is 1.71. The monoisotopic (exact) mass is 348 g/mol. The van der Waals surface area contributed by atoms with Crippen LogP contribution in [0.1, 0.15) is 47.0 Å². The molecule has 6 nitrogen and oxygen atoms in total. The van der Waals surface area contributed by atoms with Gasteiger partial charge < -0.3 is 10.2 Å². The van der Waals surface area contributed by atoms with Gasteiger partial charge in [-0.25, -0.2) is 4.39 Å². The molecule has 8 heteroatoms. The van der Waals surface area contributed by atoms with Gasteiger partial charge in [-0.2, -0.15) is 0 Å². The van der Waals surface area contributed by atoms with Crippen LogP contribution in [0.25, 0.3) is 0 Å². The third-order valence-corrected chi connectivity index (χ3v) is 4.92. The largest absolute Gasteiger partial charge is 0.333 e. The molecule has 1 fully saturated rings. The van der Waals surface area contributed by atoms with Crippen molar-refractivity contribution in [1.82, 2.24) is 15.1 Å². The van der Waals surface area contributed by atoms with E-state index in [-0.39, 0.29) is 22.8 Å². The molecule has 1 aromatic heterocycles. The highest BCUT2D eigenvalue weighted by molar-refractivity contribution is 7.13. The second kappa shape index (κ2) is 7.04. The Kier molecular flexibility index (Phi) is 4.84. The molecular formula is C16H17FN4O2S. The number of aromatic nitrogens is 2. The second-order valence-electron chi connectivity index (χ2n) is 5.51. The summed E-state index contributed by atoms with van der Waals surface area (Å²) in [6.45, 7) is 2.55. The first-order valence-corrected chi connectivity index (χ1v) is 8.60. The minimum atomic E-state index is -0.392. The highest BCUT2D eigenvalue weighted by Gasteiger charge is 2.32. The highest BCUT2D eigenvalue weighted by atomic mass is 32.1. The van der Waals surface area contributed by atoms with Gasteiger partial charge in [0.25, 0.3) is 5.91 Å². The third-order valence-electron chi connectivity index (χ3n) is 3.90. The van der Waals surface area contributed by atoms with Crippen LogP contribution in [0.3, 0.4) is 0 Å². The van der Waals surface area contributed by atoms with Gasteiger partial charge in [0.15, 0.2) is 0 Å². The van der Waals surface area contributed by atoms with E-state index in [1.807, 2.05) is 11.8 Å². The molecule has 126 valence electrons. The average molecular weight is 348 g/mol. The van der Waals surface area contributed by atoms with E-state index < -0.39 is 5.91 Å². The van der Waals surface area contributed by atoms with Crippen LogP contribution in [0.2, 0.25) is 0 Å². The van der Waals surface area contributed by atoms with Crippen molar-refractivity contribution >= 4 is 28.8 Å². The summed E-state index contributed by atoms with van der Waals surface area (Å²) in [6.07, 6.45) is 2.21. The van der Waals surface area contributed by atoms with Crippen LogP contribution in [0.4, 0.5) is 10.1 Å². The fourth-order valence-corrected chi connectivity index (χ4v) is 3.59. The van der Waals surface area contributed by atoms with Crippen LogP contribution in [0.15, 0.2) is 24.3 Å². The van der Waals surface area contributed by atoms with E-state index >= 15 is 0 Å². The van der Waals surface area contributed by atoms with Gasteiger partial charge in [0.2, 0.25) is 10.9 Å². The number of amides is 2. The Bertz CT molecular complexity index is 747. The summed E-state index contributed by atoms with van der Waals surface area (Å²) in [6, 6.07) is 5.41. The smallest absolute Gasteiger partial charge is 0.286 e. The highest BCUT2D eigenvalue weighted by Crippen LogP contribution is 2.34. The second-order valence-corrected chi connectivity index (χ2v) is 6.51. The Morgan fingerprint density at radius 3 is 2.79 bits per heavy atom. The van der Waals surface area contributed by atoms with Crippen LogP contribution in [0.5, 0.6) is 0 Å². The van der Waals surface area contributed by atoms with Gasteiger partial charge in [0.1, 0.15) is 10.8 Å². The molecular weight excluding hydrogens is 331 g/mol. The fourth-order valence-electron chi connectivity index (χ4n) is 2.70. The molecule has 1 aliphatic heterocycles. The molecule has 1 atom stereocenters. The maximum absolute atomic E-state index is 12.9. The molecule has 1 aliphatic rings. The summed E-state index contributed by atoms with van der Waals surface area (Å²) in [5.74, 6) is -0.671. The SMILES string of the molecule is CCC(=O)N1CCC[C@@H]1c1nnc(C(=O)Nc2ccc(F)cc2)s1. The lowest BCUT2D eigenvalue weighted by Gasteiger charge is -2.21. The van der Waals surface area contributed by atoms with Crippen LogP contribution in [0, 0.1) is 5.82 Å². The molecule has 0 radical (unpaired) electrons. The van der Waals surface area contributed by atoms with Gasteiger partial charge in [-0.15, -0.1) is 10.2 Å². The first-order chi connectivity index (χ1) is 11.6. The molecule has 3 rings (SSSR count). The van der Waals surface area contributed by atoms with Gasteiger partial charge in [-0.1, -0.05) is 18.3 Å². The number of carbonyl (C=O) groups is 2. The zero-order valence-corrected chi connectivity index (χ0v) is 14.0. The van der Waals surface area contributed by atoms with Crippen molar-refractivity contribution in [3.63, 3.8) is 0 Å². The number of rotatable bonds is 4. The maximum atomic E-state index is 12.9. The number of likely N-dealkylation sites (tertiary alicyclic amines) is 1. The number of halogens is 1. The summed E-state index contributed by atoms with van der Waals surface area (Å²) in [5.41, 5.74) is 0.488. The Morgan fingerprint density at radius 2 is 2.08 bits per heavy atom. The third kappa shape index (κ3) is 3.43. The molecule has 0 bridgehead atoms. The number of hydrogen-bond donors (Lipinski definition) is 1. The molecule has 2 aromatic rings. The summed E-state index contributed by atoms with van der Waals surface area (Å²) < 4.78 is 12.9. The van der Waals surface area contributed by atoms with Crippen molar-refractivity contribution in [3.8, 4) is 0 Å². The van der Waals surface area contributed by atoms with E-state index in [4.69, 9.17) is 0 Å². The van der Waals surface area contributed by atoms with Crippen LogP contribution in [-0.2, 0) is 4.79 Å². The number of nitrogens with one attached hydrogen (secondary N) is 1. The standard InChI is InChI=1S/C16H17FN4O2S/c1-2-13(22)21-9-3-4-12(21)15-19-20-16(24-15)14(23)18-11-7-5-10(17)6-8-11/h5-8,12H,2-4,9H2,1H3,(H,18,23)/t12-/m1/s1. The topological polar surface area (TPSA) is 75.2 Å². The Hall–Kier alpha value is -2.35. The maximum Gasteiger partial charge on any atom is 0.286 e. The van der Waals surface area contributed by atoms with Crippen molar-refractivity contribution in [2.45, 2.75) is 32.2 Å². The van der Waals surface area contributed by atoms with Crippen molar-refractivity contribution in [2.75, 3.05) is 11.9 Å². The summed E-state index contributed by atoms with van der Waals surface area (Å²) in [4.78, 5) is 26.0. The molecule has 0 aliphatic carbocycles. The molecule has 0 saturated carbocycles. The number of nitrogens with zero attached hydrogens (tertiary/aromatic N) is 3. The Morgan fingerprint density at radius 1 is 1.33 bits per heavy atom. The lowest BCUT2D eigenvalue weighted by atomic mass is 10.2. The number of anilines is 1. The number of carbonyl (C=O) groups excluding carboxylic acids is 2. The van der Waals surface area contributed by atoms with E-state index in [9.17, 15) is 14.0 Å². The predicted molar refractivity (Wildman–Crippen MR) is 88.2 cm³/mol. The van der Waals surface area contributed by atoms with Crippen LogP contribution < -0.4 is 5.32 Å². The van der Waals surface area contributed by atoms with Crippen molar-refractivity contribution < 1.29 is 14.0 Å². The molecule has 1 saturated heterocycles. The molecule has 1 aromatic carbocycles. The molecule has 2 amide bonds. The lowest BCUT2D eigenvalue weighted by molar-refractivity contribution is -0.131. The van der Waals surface area contributed by atoms with Crippen LogP contribution >= 0.6 is 11.3 Å². The van der Waals surface area contributed by atoms with Gasteiger partial charge in [0.05, 0.1) is 6.04 Å². The number of benzene rings is 1. The summed E-state index contributed by atoms with van der Waals surface area (Å²) in [7, 11) is 0. The van der Waals surface area contributed by atoms with E-state index in [1.54, 1.807) is 0 Å². The quantitative estimate of drug-likeness (QED) is 0.922. The zero-order chi connectivity index (χ0) is 17.1. The normalized spacial score (nSPS) is 17.1. The van der Waals surface area contributed by atoms with Crippen LogP contribution in [-0.4, -0.2) is 33.5 Å². The molecule has 1 N–H and O–H groups in total. The van der Waals surface area contributed by atoms with Crippen molar-refractivity contribution in [1.29, 1.82) is 0 Å². The minimum Gasteiger partial charge on any atom is -0.333 e. The fraction of sp³-hybridized carbons (Fsp3) is 0.375. The Labute approximate surface area is 142 Å². The molecule has 0 spiro atoms. The van der Waals surface area contributed by atoms with E-state index in [0.717, 1.165) is 12.8 Å². The van der Waals surface area contributed by atoms with Gasteiger partial charge in [0, 0.05) is 18.7 Å².